The molecule has 110 valence electrons. The maximum absolute atomic E-state index is 11.5. The van der Waals surface area contributed by atoms with E-state index >= 15 is 0 Å². The Labute approximate surface area is 120 Å². The van der Waals surface area contributed by atoms with Crippen LogP contribution in [-0.4, -0.2) is 29.8 Å². The van der Waals surface area contributed by atoms with E-state index in [9.17, 15) is 9.90 Å². The number of ether oxygens (including phenoxy) is 1. The van der Waals surface area contributed by atoms with Crippen molar-refractivity contribution in [1.29, 1.82) is 0 Å². The van der Waals surface area contributed by atoms with Gasteiger partial charge in [0.05, 0.1) is 7.11 Å². The molecule has 1 heterocycles. The Balaban J connectivity index is 2.59. The highest BCUT2D eigenvalue weighted by molar-refractivity contribution is 5.80. The minimum Gasteiger partial charge on any atom is -0.497 e. The first-order chi connectivity index (χ1) is 9.27. The monoisotopic (exact) mass is 277 g/mol. The summed E-state index contributed by atoms with van der Waals surface area (Å²) in [6, 6.07) is 5.38. The van der Waals surface area contributed by atoms with Crippen molar-refractivity contribution < 1.29 is 14.6 Å². The molecule has 0 aromatic heterocycles. The minimum atomic E-state index is -0.804. The van der Waals surface area contributed by atoms with E-state index in [1.807, 2.05) is 17.0 Å². The van der Waals surface area contributed by atoms with Gasteiger partial charge in [-0.2, -0.15) is 0 Å². The molecule has 2 rings (SSSR count). The number of fused-ring (bicyclic) bond motifs is 1. The van der Waals surface area contributed by atoms with Crippen LogP contribution in [0.4, 0.5) is 5.69 Å². The molecule has 4 nitrogen and oxygen atoms in total. The molecule has 1 aliphatic rings. The van der Waals surface area contributed by atoms with Gasteiger partial charge in [0.25, 0.3) is 0 Å². The quantitative estimate of drug-likeness (QED) is 0.921. The molecule has 0 aliphatic carbocycles. The molecule has 4 heteroatoms. The van der Waals surface area contributed by atoms with Crippen molar-refractivity contribution in [3.8, 4) is 5.75 Å². The van der Waals surface area contributed by atoms with E-state index in [-0.39, 0.29) is 5.54 Å². The molecule has 0 saturated heterocycles. The number of hydrogen-bond acceptors (Lipinski definition) is 3. The molecule has 1 aromatic rings. The Morgan fingerprint density at radius 2 is 2.15 bits per heavy atom. The number of carboxylic acid groups (broad SMARTS) is 1. The molecular formula is C16H23NO3. The smallest absolute Gasteiger partial charge is 0.326 e. The van der Waals surface area contributed by atoms with Gasteiger partial charge in [-0.25, -0.2) is 4.79 Å². The zero-order valence-electron chi connectivity index (χ0n) is 12.8. The highest BCUT2D eigenvalue weighted by Gasteiger charge is 2.40. The lowest BCUT2D eigenvalue weighted by Gasteiger charge is -2.49. The van der Waals surface area contributed by atoms with Gasteiger partial charge in [-0.05, 0) is 44.7 Å². The lowest BCUT2D eigenvalue weighted by Crippen LogP contribution is -2.55. The minimum absolute atomic E-state index is 0.198. The molecule has 0 unspecified atom stereocenters. The number of methoxy groups -OCH3 is 1. The SMILES string of the molecule is COc1ccc2c(c1)N([C@H](C)C(=O)O)C(C)(C)C[C@H]2C. The van der Waals surface area contributed by atoms with Crippen LogP contribution in [0, 0.1) is 0 Å². The van der Waals surface area contributed by atoms with E-state index in [1.165, 1.54) is 5.56 Å². The summed E-state index contributed by atoms with van der Waals surface area (Å²) in [6.07, 6.45) is 0.934. The molecule has 0 amide bonds. The summed E-state index contributed by atoms with van der Waals surface area (Å²) in [4.78, 5) is 13.5. The molecule has 20 heavy (non-hydrogen) atoms. The van der Waals surface area contributed by atoms with Gasteiger partial charge >= 0.3 is 5.97 Å². The number of hydrogen-bond donors (Lipinski definition) is 1. The zero-order chi connectivity index (χ0) is 15.1. The van der Waals surface area contributed by atoms with Crippen LogP contribution in [0.2, 0.25) is 0 Å². The van der Waals surface area contributed by atoms with Crippen molar-refractivity contribution in [2.45, 2.75) is 51.6 Å². The third-order valence-electron chi connectivity index (χ3n) is 4.23. The second-order valence-electron chi connectivity index (χ2n) is 6.23. The Hall–Kier alpha value is -1.71. The Bertz CT molecular complexity index is 524. The van der Waals surface area contributed by atoms with E-state index < -0.39 is 12.0 Å². The fraction of sp³-hybridized carbons (Fsp3) is 0.562. The lowest BCUT2D eigenvalue weighted by atomic mass is 9.79. The first kappa shape index (κ1) is 14.7. The molecule has 0 saturated carbocycles. The highest BCUT2D eigenvalue weighted by Crippen LogP contribution is 2.45. The van der Waals surface area contributed by atoms with Gasteiger partial charge in [0, 0.05) is 17.3 Å². The predicted molar refractivity (Wildman–Crippen MR) is 79.7 cm³/mol. The molecule has 0 fully saturated rings. The van der Waals surface area contributed by atoms with Gasteiger partial charge in [-0.15, -0.1) is 0 Å². The maximum atomic E-state index is 11.5. The highest BCUT2D eigenvalue weighted by atomic mass is 16.5. The number of carbonyl (C=O) groups is 1. The van der Waals surface area contributed by atoms with E-state index in [4.69, 9.17) is 4.74 Å². The van der Waals surface area contributed by atoms with Gasteiger partial charge in [0.2, 0.25) is 0 Å². The predicted octanol–water partition coefficient (Wildman–Crippen LogP) is 3.26. The number of nitrogens with zero attached hydrogens (tertiary/aromatic N) is 1. The molecule has 1 aliphatic heterocycles. The Morgan fingerprint density at radius 3 is 2.70 bits per heavy atom. The van der Waals surface area contributed by atoms with Gasteiger partial charge in [-0.1, -0.05) is 13.0 Å². The molecule has 0 spiro atoms. The molecular weight excluding hydrogens is 254 g/mol. The summed E-state index contributed by atoms with van der Waals surface area (Å²) in [5, 5.41) is 9.41. The maximum Gasteiger partial charge on any atom is 0.326 e. The Kier molecular flexibility index (Phi) is 3.67. The van der Waals surface area contributed by atoms with Crippen LogP contribution >= 0.6 is 0 Å². The second-order valence-corrected chi connectivity index (χ2v) is 6.23. The number of carboxylic acids is 1. The normalized spacial score (nSPS) is 22.1. The standard InChI is InChI=1S/C16H23NO3/c1-10-9-16(3,4)17(11(2)15(18)19)14-8-12(20-5)6-7-13(10)14/h6-8,10-11H,9H2,1-5H3,(H,18,19)/t10-,11-/m1/s1. The van der Waals surface area contributed by atoms with Crippen LogP contribution in [0.15, 0.2) is 18.2 Å². The molecule has 0 radical (unpaired) electrons. The van der Waals surface area contributed by atoms with Gasteiger partial charge in [0.1, 0.15) is 11.8 Å². The van der Waals surface area contributed by atoms with Crippen LogP contribution in [-0.2, 0) is 4.79 Å². The first-order valence-corrected chi connectivity index (χ1v) is 6.98. The lowest BCUT2D eigenvalue weighted by molar-refractivity contribution is -0.138. The van der Waals surface area contributed by atoms with Crippen LogP contribution in [0.25, 0.3) is 0 Å². The molecule has 1 aromatic carbocycles. The van der Waals surface area contributed by atoms with Crippen molar-refractivity contribution in [2.24, 2.45) is 0 Å². The van der Waals surface area contributed by atoms with Crippen LogP contribution in [0.5, 0.6) is 5.75 Å². The second kappa shape index (κ2) is 5.00. The van der Waals surface area contributed by atoms with E-state index in [0.717, 1.165) is 17.9 Å². The van der Waals surface area contributed by atoms with Gasteiger partial charge in [0.15, 0.2) is 0 Å². The third kappa shape index (κ3) is 2.35. The van der Waals surface area contributed by atoms with Crippen molar-refractivity contribution in [1.82, 2.24) is 0 Å². The topological polar surface area (TPSA) is 49.8 Å². The summed E-state index contributed by atoms with van der Waals surface area (Å²) in [5.41, 5.74) is 1.97. The Morgan fingerprint density at radius 1 is 1.50 bits per heavy atom. The van der Waals surface area contributed by atoms with Crippen molar-refractivity contribution in [2.75, 3.05) is 12.0 Å². The van der Waals surface area contributed by atoms with Crippen molar-refractivity contribution >= 4 is 11.7 Å². The number of rotatable bonds is 3. The first-order valence-electron chi connectivity index (χ1n) is 6.98. The molecule has 1 N–H and O–H groups in total. The number of benzene rings is 1. The summed E-state index contributed by atoms with van der Waals surface area (Å²) in [5.74, 6) is 0.362. The third-order valence-corrected chi connectivity index (χ3v) is 4.23. The van der Waals surface area contributed by atoms with Crippen LogP contribution in [0.3, 0.4) is 0 Å². The van der Waals surface area contributed by atoms with E-state index in [2.05, 4.69) is 26.8 Å². The van der Waals surface area contributed by atoms with Gasteiger partial charge < -0.3 is 14.7 Å². The van der Waals surface area contributed by atoms with Crippen LogP contribution in [0.1, 0.15) is 45.6 Å². The summed E-state index contributed by atoms with van der Waals surface area (Å²) < 4.78 is 5.30. The van der Waals surface area contributed by atoms with Crippen LogP contribution < -0.4 is 9.64 Å². The number of anilines is 1. The fourth-order valence-electron chi connectivity index (χ4n) is 3.40. The van der Waals surface area contributed by atoms with E-state index in [0.29, 0.717) is 5.92 Å². The summed E-state index contributed by atoms with van der Waals surface area (Å²) in [6.45, 7) is 8.13. The van der Waals surface area contributed by atoms with Gasteiger partial charge in [-0.3, -0.25) is 0 Å². The van der Waals surface area contributed by atoms with Crippen molar-refractivity contribution in [3.05, 3.63) is 23.8 Å². The van der Waals surface area contributed by atoms with Crippen molar-refractivity contribution in [3.63, 3.8) is 0 Å². The molecule has 0 bridgehead atoms. The molecule has 2 atom stereocenters. The largest absolute Gasteiger partial charge is 0.497 e. The zero-order valence-corrected chi connectivity index (χ0v) is 12.8. The van der Waals surface area contributed by atoms with E-state index in [1.54, 1.807) is 14.0 Å². The number of aliphatic carboxylic acids is 1. The average molecular weight is 277 g/mol. The summed E-state index contributed by atoms with van der Waals surface area (Å²) in [7, 11) is 1.63. The average Bonchev–Trinajstić information content (AvgIpc) is 2.36. The fourth-order valence-corrected chi connectivity index (χ4v) is 3.40. The summed E-state index contributed by atoms with van der Waals surface area (Å²) >= 11 is 0.